The molecule has 4 heteroatoms. The number of benzene rings is 1. The van der Waals surface area contributed by atoms with Gasteiger partial charge in [-0.15, -0.1) is 0 Å². The SMILES string of the molecule is CONC(=O)c1cccc(OC(C)C)c1. The summed E-state index contributed by atoms with van der Waals surface area (Å²) in [5, 5.41) is 0. The Morgan fingerprint density at radius 2 is 2.13 bits per heavy atom. The van der Waals surface area contributed by atoms with Crippen LogP contribution in [0.15, 0.2) is 24.3 Å². The molecule has 1 N–H and O–H groups in total. The summed E-state index contributed by atoms with van der Waals surface area (Å²) in [4.78, 5) is 15.9. The van der Waals surface area contributed by atoms with Crippen molar-refractivity contribution in [3.8, 4) is 5.75 Å². The van der Waals surface area contributed by atoms with Crippen LogP contribution in [0.5, 0.6) is 5.75 Å². The Bertz CT molecular complexity index is 336. The highest BCUT2D eigenvalue weighted by Gasteiger charge is 2.06. The van der Waals surface area contributed by atoms with Gasteiger partial charge in [0, 0.05) is 5.56 Å². The van der Waals surface area contributed by atoms with Gasteiger partial charge >= 0.3 is 0 Å². The van der Waals surface area contributed by atoms with E-state index < -0.39 is 0 Å². The summed E-state index contributed by atoms with van der Waals surface area (Å²) in [5.74, 6) is 0.389. The number of hydroxylamine groups is 1. The molecule has 0 unspecified atom stereocenters. The van der Waals surface area contributed by atoms with Crippen LogP contribution in [0.25, 0.3) is 0 Å². The van der Waals surface area contributed by atoms with E-state index in [-0.39, 0.29) is 12.0 Å². The average molecular weight is 209 g/mol. The minimum absolute atomic E-state index is 0.0886. The maximum absolute atomic E-state index is 11.4. The molecule has 0 atom stereocenters. The molecule has 0 radical (unpaired) electrons. The minimum Gasteiger partial charge on any atom is -0.491 e. The van der Waals surface area contributed by atoms with Crippen molar-refractivity contribution in [2.24, 2.45) is 0 Å². The second kappa shape index (κ2) is 5.36. The molecule has 0 aliphatic carbocycles. The normalized spacial score (nSPS) is 10.1. The Hall–Kier alpha value is -1.55. The van der Waals surface area contributed by atoms with Gasteiger partial charge in [-0.1, -0.05) is 6.07 Å². The predicted octanol–water partition coefficient (Wildman–Crippen LogP) is 1.77. The van der Waals surface area contributed by atoms with Crippen LogP contribution in [0.1, 0.15) is 24.2 Å². The summed E-state index contributed by atoms with van der Waals surface area (Å²) in [5.41, 5.74) is 2.76. The smallest absolute Gasteiger partial charge is 0.274 e. The summed E-state index contributed by atoms with van der Waals surface area (Å²) in [6, 6.07) is 6.95. The molecular weight excluding hydrogens is 194 g/mol. The van der Waals surface area contributed by atoms with Crippen molar-refractivity contribution in [2.45, 2.75) is 20.0 Å². The Balaban J connectivity index is 2.78. The van der Waals surface area contributed by atoms with Gasteiger partial charge in [-0.2, -0.15) is 0 Å². The van der Waals surface area contributed by atoms with E-state index in [2.05, 4.69) is 10.3 Å². The number of carbonyl (C=O) groups excluding carboxylic acids is 1. The number of nitrogens with one attached hydrogen (secondary N) is 1. The first-order valence-corrected chi connectivity index (χ1v) is 4.73. The van der Waals surface area contributed by atoms with Gasteiger partial charge < -0.3 is 4.74 Å². The van der Waals surface area contributed by atoms with E-state index in [1.54, 1.807) is 18.2 Å². The maximum atomic E-state index is 11.4. The van der Waals surface area contributed by atoms with Crippen molar-refractivity contribution < 1.29 is 14.4 Å². The lowest BCUT2D eigenvalue weighted by atomic mass is 10.2. The van der Waals surface area contributed by atoms with Crippen LogP contribution in [-0.2, 0) is 4.84 Å². The molecule has 1 aromatic carbocycles. The number of hydrogen-bond donors (Lipinski definition) is 1. The van der Waals surface area contributed by atoms with Crippen molar-refractivity contribution in [3.63, 3.8) is 0 Å². The Morgan fingerprint density at radius 1 is 1.40 bits per heavy atom. The largest absolute Gasteiger partial charge is 0.491 e. The van der Waals surface area contributed by atoms with Crippen LogP contribution in [0.3, 0.4) is 0 Å². The average Bonchev–Trinajstić information content (AvgIpc) is 2.17. The molecule has 0 aromatic heterocycles. The van der Waals surface area contributed by atoms with Crippen molar-refractivity contribution in [2.75, 3.05) is 7.11 Å². The minimum atomic E-state index is -0.285. The third-order valence-electron chi connectivity index (χ3n) is 1.66. The topological polar surface area (TPSA) is 47.6 Å². The lowest BCUT2D eigenvalue weighted by Crippen LogP contribution is -2.21. The lowest BCUT2D eigenvalue weighted by molar-refractivity contribution is 0.0537. The number of ether oxygens (including phenoxy) is 1. The first-order valence-electron chi connectivity index (χ1n) is 4.73. The fourth-order valence-electron chi connectivity index (χ4n) is 1.13. The quantitative estimate of drug-likeness (QED) is 0.769. The maximum Gasteiger partial charge on any atom is 0.274 e. The van der Waals surface area contributed by atoms with Gasteiger partial charge in [-0.25, -0.2) is 5.48 Å². The van der Waals surface area contributed by atoms with E-state index in [9.17, 15) is 4.79 Å². The molecule has 0 aliphatic heterocycles. The number of rotatable bonds is 4. The Kier molecular flexibility index (Phi) is 4.12. The first-order chi connectivity index (χ1) is 7.13. The summed E-state index contributed by atoms with van der Waals surface area (Å²) in [6.07, 6.45) is 0.0886. The molecule has 1 aromatic rings. The molecule has 0 aliphatic rings. The monoisotopic (exact) mass is 209 g/mol. The third kappa shape index (κ3) is 3.59. The fraction of sp³-hybridized carbons (Fsp3) is 0.364. The van der Waals surface area contributed by atoms with Crippen LogP contribution in [0.4, 0.5) is 0 Å². The molecule has 1 rings (SSSR count). The fourth-order valence-corrected chi connectivity index (χ4v) is 1.13. The van der Waals surface area contributed by atoms with Crippen LogP contribution in [-0.4, -0.2) is 19.1 Å². The summed E-state index contributed by atoms with van der Waals surface area (Å²) in [7, 11) is 1.40. The number of hydrogen-bond acceptors (Lipinski definition) is 3. The highest BCUT2D eigenvalue weighted by Crippen LogP contribution is 2.14. The van der Waals surface area contributed by atoms with Crippen molar-refractivity contribution in [1.29, 1.82) is 0 Å². The van der Waals surface area contributed by atoms with Crippen molar-refractivity contribution in [1.82, 2.24) is 5.48 Å². The molecule has 0 saturated carbocycles. The third-order valence-corrected chi connectivity index (χ3v) is 1.66. The molecule has 1 amide bonds. The molecule has 0 bridgehead atoms. The zero-order valence-electron chi connectivity index (χ0n) is 9.11. The molecule has 4 nitrogen and oxygen atoms in total. The van der Waals surface area contributed by atoms with Gasteiger partial charge in [-0.3, -0.25) is 9.63 Å². The van der Waals surface area contributed by atoms with Gasteiger partial charge in [0.1, 0.15) is 5.75 Å². The Labute approximate surface area is 89.1 Å². The van der Waals surface area contributed by atoms with Gasteiger partial charge in [0.05, 0.1) is 13.2 Å². The molecule has 82 valence electrons. The van der Waals surface area contributed by atoms with E-state index in [1.807, 2.05) is 19.9 Å². The number of amides is 1. The zero-order valence-corrected chi connectivity index (χ0v) is 9.11. The second-order valence-corrected chi connectivity index (χ2v) is 3.33. The summed E-state index contributed by atoms with van der Waals surface area (Å²) >= 11 is 0. The van der Waals surface area contributed by atoms with Gasteiger partial charge in [0.25, 0.3) is 5.91 Å². The van der Waals surface area contributed by atoms with Gasteiger partial charge in [-0.05, 0) is 32.0 Å². The molecule has 0 fully saturated rings. The Morgan fingerprint density at radius 3 is 2.73 bits per heavy atom. The first kappa shape index (κ1) is 11.5. The highest BCUT2D eigenvalue weighted by molar-refractivity contribution is 5.93. The second-order valence-electron chi connectivity index (χ2n) is 3.33. The van der Waals surface area contributed by atoms with Crippen LogP contribution < -0.4 is 10.2 Å². The van der Waals surface area contributed by atoms with Crippen LogP contribution in [0, 0.1) is 0 Å². The van der Waals surface area contributed by atoms with E-state index in [0.717, 1.165) is 0 Å². The predicted molar refractivity (Wildman–Crippen MR) is 56.7 cm³/mol. The van der Waals surface area contributed by atoms with E-state index in [1.165, 1.54) is 7.11 Å². The van der Waals surface area contributed by atoms with Crippen LogP contribution >= 0.6 is 0 Å². The summed E-state index contributed by atoms with van der Waals surface area (Å²) in [6.45, 7) is 3.86. The standard InChI is InChI=1S/C11H15NO3/c1-8(2)15-10-6-4-5-9(7-10)11(13)12-14-3/h4-8H,1-3H3,(H,12,13). The van der Waals surface area contributed by atoms with Gasteiger partial charge in [0.2, 0.25) is 0 Å². The van der Waals surface area contributed by atoms with E-state index in [0.29, 0.717) is 11.3 Å². The summed E-state index contributed by atoms with van der Waals surface area (Å²) < 4.78 is 5.46. The lowest BCUT2D eigenvalue weighted by Gasteiger charge is -2.10. The van der Waals surface area contributed by atoms with Gasteiger partial charge in [0.15, 0.2) is 0 Å². The van der Waals surface area contributed by atoms with Crippen LogP contribution in [0.2, 0.25) is 0 Å². The molecule has 0 spiro atoms. The molecule has 0 heterocycles. The number of carbonyl (C=O) groups is 1. The molecule has 15 heavy (non-hydrogen) atoms. The highest BCUT2D eigenvalue weighted by atomic mass is 16.6. The van der Waals surface area contributed by atoms with Crippen molar-refractivity contribution >= 4 is 5.91 Å². The van der Waals surface area contributed by atoms with E-state index in [4.69, 9.17) is 4.74 Å². The zero-order chi connectivity index (χ0) is 11.3. The van der Waals surface area contributed by atoms with Crippen molar-refractivity contribution in [3.05, 3.63) is 29.8 Å². The molecular formula is C11H15NO3. The van der Waals surface area contributed by atoms with E-state index >= 15 is 0 Å². The molecule has 0 saturated heterocycles.